The topological polar surface area (TPSA) is 122 Å². The van der Waals surface area contributed by atoms with E-state index in [4.69, 9.17) is 24.2 Å². The van der Waals surface area contributed by atoms with Crippen LogP contribution in [-0.2, 0) is 29.2 Å². The van der Waals surface area contributed by atoms with Crippen LogP contribution in [-0.4, -0.2) is 60.5 Å². The van der Waals surface area contributed by atoms with E-state index in [2.05, 4.69) is 25.5 Å². The summed E-state index contributed by atoms with van der Waals surface area (Å²) in [6, 6.07) is 6.06. The third-order valence-electron chi connectivity index (χ3n) is 4.37. The lowest BCUT2D eigenvalue weighted by Crippen LogP contribution is -2.33. The van der Waals surface area contributed by atoms with Crippen LogP contribution in [0.15, 0.2) is 53.7 Å². The Hall–Kier alpha value is -3.88. The van der Waals surface area contributed by atoms with E-state index in [1.807, 2.05) is 30.8 Å². The monoisotopic (exact) mass is 508 g/mol. The molecule has 0 saturated carbocycles. The van der Waals surface area contributed by atoms with Gasteiger partial charge in [-0.25, -0.2) is 14.6 Å². The first-order valence-corrected chi connectivity index (χ1v) is 9.57. The van der Waals surface area contributed by atoms with Crippen LogP contribution in [0.4, 0.5) is 26.3 Å². The predicted molar refractivity (Wildman–Crippen MR) is 106 cm³/mol. The van der Waals surface area contributed by atoms with Crippen molar-refractivity contribution < 1.29 is 50.6 Å². The molecule has 0 amide bonds. The molecular weight excluding hydrogens is 490 g/mol. The zero-order valence-electron chi connectivity index (χ0n) is 17.6. The van der Waals surface area contributed by atoms with E-state index in [9.17, 15) is 26.3 Å². The molecule has 3 aromatic rings. The zero-order chi connectivity index (χ0) is 26.2. The normalized spacial score (nSPS) is 13.5. The molecule has 0 spiro atoms. The van der Waals surface area contributed by atoms with E-state index in [0.29, 0.717) is 0 Å². The first-order valence-electron chi connectivity index (χ1n) is 9.57. The van der Waals surface area contributed by atoms with Crippen LogP contribution < -0.4 is 0 Å². The van der Waals surface area contributed by atoms with Crippen LogP contribution in [0.5, 0.6) is 0 Å². The first kappa shape index (κ1) is 27.4. The van der Waals surface area contributed by atoms with Crippen LogP contribution in [0.1, 0.15) is 11.4 Å². The number of aliphatic carboxylic acids is 2. The van der Waals surface area contributed by atoms with Crippen molar-refractivity contribution >= 4 is 11.9 Å². The fourth-order valence-corrected chi connectivity index (χ4v) is 2.83. The number of carbonyl (C=O) groups is 2. The maximum atomic E-state index is 10.6. The van der Waals surface area contributed by atoms with E-state index in [1.165, 1.54) is 5.56 Å². The summed E-state index contributed by atoms with van der Waals surface area (Å²) in [5.41, 5.74) is 3.49. The molecule has 0 aromatic carbocycles. The van der Waals surface area contributed by atoms with Gasteiger partial charge in [0.1, 0.15) is 5.82 Å². The molecule has 15 heteroatoms. The van der Waals surface area contributed by atoms with Crippen LogP contribution in [0.3, 0.4) is 0 Å². The van der Waals surface area contributed by atoms with E-state index < -0.39 is 24.3 Å². The minimum atomic E-state index is -5.08. The lowest BCUT2D eigenvalue weighted by molar-refractivity contribution is -0.193. The van der Waals surface area contributed by atoms with E-state index >= 15 is 0 Å². The molecular formula is C20H18F6N4O5. The molecule has 0 atom stereocenters. The van der Waals surface area contributed by atoms with Gasteiger partial charge in [0, 0.05) is 43.2 Å². The Morgan fingerprint density at radius 1 is 1.00 bits per heavy atom. The summed E-state index contributed by atoms with van der Waals surface area (Å²) in [6.07, 6.45) is -0.998. The van der Waals surface area contributed by atoms with Crippen LogP contribution in [0.25, 0.3) is 11.3 Å². The fraction of sp³-hybridized carbons (Fsp3) is 0.300. The molecule has 0 radical (unpaired) electrons. The maximum absolute atomic E-state index is 10.6. The Morgan fingerprint density at radius 2 is 1.63 bits per heavy atom. The average Bonchev–Trinajstić information content (AvgIpc) is 3.43. The molecule has 1 aliphatic rings. The molecule has 0 saturated heterocycles. The van der Waals surface area contributed by atoms with Gasteiger partial charge in [0.25, 0.3) is 0 Å². The molecule has 35 heavy (non-hydrogen) atoms. The molecule has 1 aliphatic heterocycles. The molecule has 4 rings (SSSR count). The number of alkyl halides is 6. The van der Waals surface area contributed by atoms with Crippen molar-refractivity contribution in [3.8, 4) is 11.3 Å². The van der Waals surface area contributed by atoms with Gasteiger partial charge in [0.2, 0.25) is 0 Å². The molecule has 0 unspecified atom stereocenters. The van der Waals surface area contributed by atoms with Gasteiger partial charge >= 0.3 is 24.3 Å². The van der Waals surface area contributed by atoms with Crippen molar-refractivity contribution in [2.45, 2.75) is 32.0 Å². The number of pyridine rings is 1. The number of halogens is 6. The van der Waals surface area contributed by atoms with Crippen molar-refractivity contribution in [3.63, 3.8) is 0 Å². The van der Waals surface area contributed by atoms with Crippen LogP contribution >= 0.6 is 0 Å². The van der Waals surface area contributed by atoms with Crippen LogP contribution in [0, 0.1) is 0 Å². The SMILES string of the molecule is O=C(O)C(F)(F)F.O=C(O)C(F)(F)F.c1cncc(-c2cnc3n2CCN(Cc2ccoc2)C3)c1. The zero-order valence-corrected chi connectivity index (χ0v) is 17.6. The van der Waals surface area contributed by atoms with Crippen molar-refractivity contribution in [2.24, 2.45) is 0 Å². The standard InChI is InChI=1S/C16H16N4O.2C2HF3O2/c1-2-14(8-17-4-1)15-9-18-16-11-19(5-6-20(15)16)10-13-3-7-21-12-13;2*3-2(4,5)1(6)7/h1-4,7-9,12H,5-6,10-11H2;2*(H,6,7). The summed E-state index contributed by atoms with van der Waals surface area (Å²) < 4.78 is 70.9. The predicted octanol–water partition coefficient (Wildman–Crippen LogP) is 3.82. The highest BCUT2D eigenvalue weighted by Gasteiger charge is 2.38. The lowest BCUT2D eigenvalue weighted by Gasteiger charge is -2.28. The maximum Gasteiger partial charge on any atom is 0.490 e. The summed E-state index contributed by atoms with van der Waals surface area (Å²) in [7, 11) is 0. The molecule has 2 N–H and O–H groups in total. The number of carboxylic acids is 2. The van der Waals surface area contributed by atoms with E-state index in [0.717, 1.165) is 43.3 Å². The third-order valence-corrected chi connectivity index (χ3v) is 4.37. The Morgan fingerprint density at radius 3 is 2.11 bits per heavy atom. The second-order valence-corrected chi connectivity index (χ2v) is 6.90. The number of hydrogen-bond donors (Lipinski definition) is 2. The highest BCUT2D eigenvalue weighted by molar-refractivity contribution is 5.73. The van der Waals surface area contributed by atoms with Gasteiger partial charge < -0.3 is 19.2 Å². The van der Waals surface area contributed by atoms with Gasteiger partial charge in [-0.1, -0.05) is 0 Å². The number of aromatic nitrogens is 3. The largest absolute Gasteiger partial charge is 0.490 e. The number of fused-ring (bicyclic) bond motifs is 1. The number of rotatable bonds is 3. The molecule has 190 valence electrons. The minimum Gasteiger partial charge on any atom is -0.475 e. The molecule has 3 aromatic heterocycles. The number of hydrogen-bond acceptors (Lipinski definition) is 6. The van der Waals surface area contributed by atoms with Crippen LogP contribution in [0.2, 0.25) is 0 Å². The quantitative estimate of drug-likeness (QED) is 0.513. The van der Waals surface area contributed by atoms with E-state index in [1.54, 1.807) is 12.5 Å². The van der Waals surface area contributed by atoms with Crippen molar-refractivity contribution in [2.75, 3.05) is 6.54 Å². The molecule has 0 bridgehead atoms. The second-order valence-electron chi connectivity index (χ2n) is 6.90. The van der Waals surface area contributed by atoms with Gasteiger partial charge in [-0.3, -0.25) is 9.88 Å². The highest BCUT2D eigenvalue weighted by atomic mass is 19.4. The van der Waals surface area contributed by atoms with Gasteiger partial charge in [-0.15, -0.1) is 0 Å². The fourth-order valence-electron chi connectivity index (χ4n) is 2.83. The average molecular weight is 508 g/mol. The summed E-state index contributed by atoms with van der Waals surface area (Å²) in [4.78, 5) is 29.0. The second kappa shape index (κ2) is 11.5. The van der Waals surface area contributed by atoms with Gasteiger partial charge in [0.15, 0.2) is 0 Å². The Kier molecular flexibility index (Phi) is 8.99. The summed E-state index contributed by atoms with van der Waals surface area (Å²) >= 11 is 0. The summed E-state index contributed by atoms with van der Waals surface area (Å²) in [5, 5.41) is 14.2. The number of carboxylic acid groups (broad SMARTS) is 2. The molecule has 0 aliphatic carbocycles. The van der Waals surface area contributed by atoms with Crippen molar-refractivity contribution in [1.82, 2.24) is 19.4 Å². The molecule has 9 nitrogen and oxygen atoms in total. The molecule has 4 heterocycles. The smallest absolute Gasteiger partial charge is 0.475 e. The van der Waals surface area contributed by atoms with Gasteiger partial charge in [0.05, 0.1) is 31.0 Å². The van der Waals surface area contributed by atoms with Gasteiger partial charge in [-0.05, 0) is 18.2 Å². The first-order chi connectivity index (χ1) is 16.3. The number of furan rings is 1. The Balaban J connectivity index is 0.000000257. The third kappa shape index (κ3) is 8.44. The Labute approximate surface area is 193 Å². The Bertz CT molecular complexity index is 1070. The number of imidazole rings is 1. The highest BCUT2D eigenvalue weighted by Crippen LogP contribution is 2.24. The van der Waals surface area contributed by atoms with Crippen molar-refractivity contribution in [3.05, 3.63) is 60.7 Å². The summed E-state index contributed by atoms with van der Waals surface area (Å²) in [5.74, 6) is -4.40. The van der Waals surface area contributed by atoms with E-state index in [-0.39, 0.29) is 0 Å². The minimum absolute atomic E-state index is 0.867. The summed E-state index contributed by atoms with van der Waals surface area (Å²) in [6.45, 7) is 3.75. The van der Waals surface area contributed by atoms with Crippen molar-refractivity contribution in [1.29, 1.82) is 0 Å². The lowest BCUT2D eigenvalue weighted by atomic mass is 10.2. The molecule has 0 fully saturated rings. The van der Waals surface area contributed by atoms with Gasteiger partial charge in [-0.2, -0.15) is 26.3 Å². The number of nitrogens with zero attached hydrogens (tertiary/aromatic N) is 4.